The molecule has 2 aromatic rings. The summed E-state index contributed by atoms with van der Waals surface area (Å²) < 4.78 is 13.1. The lowest BCUT2D eigenvalue weighted by Gasteiger charge is -2.11. The zero-order valence-electron chi connectivity index (χ0n) is 12.1. The molecule has 122 valence electrons. The molecule has 0 radical (unpaired) electrons. The lowest BCUT2D eigenvalue weighted by Crippen LogP contribution is -2.30. The highest BCUT2D eigenvalue weighted by atomic mass is 35.5. The van der Waals surface area contributed by atoms with Gasteiger partial charge in [-0.2, -0.15) is 11.8 Å². The van der Waals surface area contributed by atoms with E-state index in [9.17, 15) is 4.39 Å². The van der Waals surface area contributed by atoms with Crippen molar-refractivity contribution in [3.8, 4) is 0 Å². The maximum absolute atomic E-state index is 13.1. The molecule has 0 aliphatic carbocycles. The second-order valence-corrected chi connectivity index (χ2v) is 7.05. The fraction of sp³-hybridized carbons (Fsp3) is 0.188. The van der Waals surface area contributed by atoms with Gasteiger partial charge in [-0.25, -0.2) is 4.39 Å². The van der Waals surface area contributed by atoms with Crippen LogP contribution < -0.4 is 10.6 Å². The monoisotopic (exact) mass is 388 g/mol. The molecule has 0 aliphatic heterocycles. The molecule has 2 aromatic carbocycles. The van der Waals surface area contributed by atoms with Gasteiger partial charge in [0.15, 0.2) is 5.11 Å². The second-order valence-electron chi connectivity index (χ2n) is 4.69. The van der Waals surface area contributed by atoms with E-state index in [4.69, 9.17) is 35.4 Å². The maximum Gasteiger partial charge on any atom is 0.170 e. The Balaban J connectivity index is 1.65. The van der Waals surface area contributed by atoms with Crippen molar-refractivity contribution in [3.63, 3.8) is 0 Å². The third-order valence-corrected chi connectivity index (χ3v) is 4.67. The third kappa shape index (κ3) is 6.55. The highest BCUT2D eigenvalue weighted by molar-refractivity contribution is 7.98. The highest BCUT2D eigenvalue weighted by Crippen LogP contribution is 2.19. The smallest absolute Gasteiger partial charge is 0.170 e. The molecule has 7 heteroatoms. The molecule has 23 heavy (non-hydrogen) atoms. The van der Waals surface area contributed by atoms with E-state index in [1.165, 1.54) is 17.7 Å². The molecule has 0 bridgehead atoms. The van der Waals surface area contributed by atoms with Crippen molar-refractivity contribution in [3.05, 3.63) is 63.9 Å². The Labute approximate surface area is 154 Å². The van der Waals surface area contributed by atoms with Gasteiger partial charge in [-0.15, -0.1) is 0 Å². The molecule has 0 saturated heterocycles. The summed E-state index contributed by atoms with van der Waals surface area (Å²) in [5.41, 5.74) is 1.85. The molecule has 0 unspecified atom stereocenters. The summed E-state index contributed by atoms with van der Waals surface area (Å²) in [4.78, 5) is 0. The Morgan fingerprint density at radius 2 is 2.00 bits per heavy atom. The Hall–Kier alpha value is -1.01. The van der Waals surface area contributed by atoms with Gasteiger partial charge < -0.3 is 10.6 Å². The first kappa shape index (κ1) is 18.3. The van der Waals surface area contributed by atoms with Gasteiger partial charge in [-0.3, -0.25) is 0 Å². The van der Waals surface area contributed by atoms with Crippen molar-refractivity contribution in [1.29, 1.82) is 0 Å². The van der Waals surface area contributed by atoms with Crippen LogP contribution >= 0.6 is 47.2 Å². The Kier molecular flexibility index (Phi) is 7.43. The van der Waals surface area contributed by atoms with Crippen LogP contribution in [0.1, 0.15) is 5.56 Å². The minimum absolute atomic E-state index is 0.0647. The largest absolute Gasteiger partial charge is 0.362 e. The fourth-order valence-corrected chi connectivity index (χ4v) is 3.22. The van der Waals surface area contributed by atoms with E-state index in [0.717, 1.165) is 23.1 Å². The van der Waals surface area contributed by atoms with Gasteiger partial charge in [0.1, 0.15) is 5.82 Å². The van der Waals surface area contributed by atoms with Crippen molar-refractivity contribution < 1.29 is 4.39 Å². The first-order valence-corrected chi connectivity index (χ1v) is 9.18. The van der Waals surface area contributed by atoms with Crippen molar-refractivity contribution in [2.75, 3.05) is 17.6 Å². The van der Waals surface area contributed by atoms with E-state index >= 15 is 0 Å². The molecule has 0 saturated carbocycles. The zero-order valence-corrected chi connectivity index (χ0v) is 15.3. The number of rotatable bonds is 6. The van der Waals surface area contributed by atoms with Gasteiger partial charge in [-0.05, 0) is 48.1 Å². The van der Waals surface area contributed by atoms with Gasteiger partial charge in [0.25, 0.3) is 0 Å². The van der Waals surface area contributed by atoms with Crippen LogP contribution in [-0.2, 0) is 5.75 Å². The van der Waals surface area contributed by atoms with Crippen molar-refractivity contribution in [2.24, 2.45) is 0 Å². The molecular weight excluding hydrogens is 374 g/mol. The van der Waals surface area contributed by atoms with E-state index in [-0.39, 0.29) is 5.02 Å². The number of anilines is 1. The number of halogens is 3. The van der Waals surface area contributed by atoms with Crippen LogP contribution in [0.2, 0.25) is 10.0 Å². The lowest BCUT2D eigenvalue weighted by molar-refractivity contribution is 0.628. The maximum atomic E-state index is 13.1. The average Bonchev–Trinajstić information content (AvgIpc) is 2.51. The van der Waals surface area contributed by atoms with Crippen LogP contribution in [0, 0.1) is 5.82 Å². The standard InChI is InChI=1S/C16H15Cl2FN2S2/c17-12-3-1-2-11(8-12)10-23-7-6-20-16(22)21-13-4-5-15(19)14(18)9-13/h1-5,8-9H,6-7,10H2,(H2,20,21,22). The predicted molar refractivity (Wildman–Crippen MR) is 103 cm³/mol. The van der Waals surface area contributed by atoms with Crippen LogP contribution in [0.3, 0.4) is 0 Å². The minimum Gasteiger partial charge on any atom is -0.362 e. The average molecular weight is 389 g/mol. The first-order valence-electron chi connectivity index (χ1n) is 6.86. The summed E-state index contributed by atoms with van der Waals surface area (Å²) in [6.07, 6.45) is 0. The number of thioether (sulfide) groups is 1. The molecule has 2 N–H and O–H groups in total. The third-order valence-electron chi connectivity index (χ3n) is 2.87. The van der Waals surface area contributed by atoms with Gasteiger partial charge in [0, 0.05) is 28.8 Å². The molecule has 2 nitrogen and oxygen atoms in total. The summed E-state index contributed by atoms with van der Waals surface area (Å²) in [5.74, 6) is 1.35. The van der Waals surface area contributed by atoms with Crippen LogP contribution in [0.15, 0.2) is 42.5 Å². The van der Waals surface area contributed by atoms with Gasteiger partial charge in [0.2, 0.25) is 0 Å². The quantitative estimate of drug-likeness (QED) is 0.514. The van der Waals surface area contributed by atoms with E-state index in [1.807, 2.05) is 18.2 Å². The van der Waals surface area contributed by atoms with Crippen LogP contribution in [0.25, 0.3) is 0 Å². The van der Waals surface area contributed by atoms with Crippen molar-refractivity contribution in [1.82, 2.24) is 5.32 Å². The van der Waals surface area contributed by atoms with Crippen LogP contribution in [-0.4, -0.2) is 17.4 Å². The van der Waals surface area contributed by atoms with Gasteiger partial charge in [0.05, 0.1) is 5.02 Å². The normalized spacial score (nSPS) is 10.4. The lowest BCUT2D eigenvalue weighted by atomic mass is 10.2. The summed E-state index contributed by atoms with van der Waals surface area (Å²) in [5, 5.41) is 7.37. The van der Waals surface area contributed by atoms with E-state index in [2.05, 4.69) is 16.7 Å². The fourth-order valence-electron chi connectivity index (χ4n) is 1.80. The molecule has 0 aliphatic rings. The van der Waals surface area contributed by atoms with E-state index < -0.39 is 5.82 Å². The molecule has 0 aromatic heterocycles. The molecule has 2 rings (SSSR count). The van der Waals surface area contributed by atoms with Crippen molar-refractivity contribution >= 4 is 58.0 Å². The summed E-state index contributed by atoms with van der Waals surface area (Å²) in [6.45, 7) is 0.728. The van der Waals surface area contributed by atoms with E-state index in [0.29, 0.717) is 10.8 Å². The summed E-state index contributed by atoms with van der Waals surface area (Å²) in [6, 6.07) is 12.2. The molecule has 0 amide bonds. The summed E-state index contributed by atoms with van der Waals surface area (Å²) in [7, 11) is 0. The van der Waals surface area contributed by atoms with Gasteiger partial charge in [-0.1, -0.05) is 35.3 Å². The number of nitrogens with one attached hydrogen (secondary N) is 2. The number of hydrogen-bond donors (Lipinski definition) is 2. The van der Waals surface area contributed by atoms with Crippen LogP contribution in [0.5, 0.6) is 0 Å². The second kappa shape index (κ2) is 9.33. The van der Waals surface area contributed by atoms with Gasteiger partial charge >= 0.3 is 0 Å². The number of thiocarbonyl (C=S) groups is 1. The molecule has 0 atom stereocenters. The Bertz CT molecular complexity index is 683. The Morgan fingerprint density at radius 3 is 2.74 bits per heavy atom. The first-order chi connectivity index (χ1) is 11.0. The predicted octanol–water partition coefficient (Wildman–Crippen LogP) is 5.35. The minimum atomic E-state index is -0.450. The van der Waals surface area contributed by atoms with E-state index in [1.54, 1.807) is 17.8 Å². The zero-order chi connectivity index (χ0) is 16.7. The molecule has 0 fully saturated rings. The molecular formula is C16H15Cl2FN2S2. The summed E-state index contributed by atoms with van der Waals surface area (Å²) >= 11 is 18.6. The molecule has 0 spiro atoms. The Morgan fingerprint density at radius 1 is 1.17 bits per heavy atom. The topological polar surface area (TPSA) is 24.1 Å². The molecule has 0 heterocycles. The number of hydrogen-bond acceptors (Lipinski definition) is 2. The SMILES string of the molecule is Fc1ccc(NC(=S)NCCSCc2cccc(Cl)c2)cc1Cl. The number of benzene rings is 2. The highest BCUT2D eigenvalue weighted by Gasteiger charge is 2.02. The van der Waals surface area contributed by atoms with Crippen LogP contribution in [0.4, 0.5) is 10.1 Å². The van der Waals surface area contributed by atoms with Crippen molar-refractivity contribution in [2.45, 2.75) is 5.75 Å².